The molecule has 1 saturated carbocycles. The fourth-order valence-electron chi connectivity index (χ4n) is 2.41. The van der Waals surface area contributed by atoms with E-state index in [-0.39, 0.29) is 6.29 Å². The molecule has 0 bridgehead atoms. The molecule has 0 heterocycles. The molecule has 1 aromatic carbocycles. The smallest absolute Gasteiger partial charge is 0.183 e. The van der Waals surface area contributed by atoms with Crippen LogP contribution in [0.3, 0.4) is 0 Å². The molecule has 1 aromatic rings. The van der Waals surface area contributed by atoms with Gasteiger partial charge in [0.15, 0.2) is 6.29 Å². The fourth-order valence-corrected chi connectivity index (χ4v) is 2.41. The second kappa shape index (κ2) is 6.76. The minimum atomic E-state index is -0.265. The van der Waals surface area contributed by atoms with E-state index in [9.17, 15) is 0 Å². The van der Waals surface area contributed by atoms with E-state index in [0.29, 0.717) is 6.10 Å². The van der Waals surface area contributed by atoms with Crippen LogP contribution < -0.4 is 4.74 Å². The molecule has 3 heteroatoms. The standard InChI is InChI=1S/C15H22O3/c1-16-13-10-8-12(9-11-13)15(17-2)18-14-6-4-3-5-7-14/h8-11,14-15H,3-7H2,1-2H3. The van der Waals surface area contributed by atoms with Crippen LogP contribution in [0, 0.1) is 0 Å². The van der Waals surface area contributed by atoms with Crippen LogP contribution in [0.2, 0.25) is 0 Å². The van der Waals surface area contributed by atoms with E-state index < -0.39 is 0 Å². The van der Waals surface area contributed by atoms with Crippen LogP contribution >= 0.6 is 0 Å². The third kappa shape index (κ3) is 3.47. The SMILES string of the molecule is COc1ccc(C(OC)OC2CCCCC2)cc1. The number of hydrogen-bond acceptors (Lipinski definition) is 3. The van der Waals surface area contributed by atoms with Gasteiger partial charge in [0.2, 0.25) is 0 Å². The summed E-state index contributed by atoms with van der Waals surface area (Å²) in [5.41, 5.74) is 1.05. The Hall–Kier alpha value is -1.06. The number of ether oxygens (including phenoxy) is 3. The Balaban J connectivity index is 1.97. The Labute approximate surface area is 109 Å². The third-order valence-electron chi connectivity index (χ3n) is 3.47. The number of benzene rings is 1. The topological polar surface area (TPSA) is 27.7 Å². The summed E-state index contributed by atoms with van der Waals surface area (Å²) in [5, 5.41) is 0. The fraction of sp³-hybridized carbons (Fsp3) is 0.600. The average Bonchev–Trinajstić information content (AvgIpc) is 2.46. The van der Waals surface area contributed by atoms with Crippen molar-refractivity contribution in [3.8, 4) is 5.75 Å². The lowest BCUT2D eigenvalue weighted by atomic mass is 9.98. The highest BCUT2D eigenvalue weighted by Gasteiger charge is 2.20. The zero-order valence-corrected chi connectivity index (χ0v) is 11.2. The highest BCUT2D eigenvalue weighted by atomic mass is 16.7. The Morgan fingerprint density at radius 2 is 1.67 bits per heavy atom. The summed E-state index contributed by atoms with van der Waals surface area (Å²) < 4.78 is 16.6. The third-order valence-corrected chi connectivity index (χ3v) is 3.47. The number of methoxy groups -OCH3 is 2. The molecule has 0 aromatic heterocycles. The zero-order valence-electron chi connectivity index (χ0n) is 11.2. The predicted octanol–water partition coefficient (Wildman–Crippen LogP) is 3.69. The number of hydrogen-bond donors (Lipinski definition) is 0. The summed E-state index contributed by atoms with van der Waals surface area (Å²) in [6, 6.07) is 7.86. The molecule has 2 rings (SSSR count). The highest BCUT2D eigenvalue weighted by Crippen LogP contribution is 2.28. The van der Waals surface area contributed by atoms with Crippen molar-refractivity contribution in [1.29, 1.82) is 0 Å². The first-order valence-corrected chi connectivity index (χ1v) is 6.65. The summed E-state index contributed by atoms with van der Waals surface area (Å²) in [4.78, 5) is 0. The summed E-state index contributed by atoms with van der Waals surface area (Å²) in [6.45, 7) is 0. The van der Waals surface area contributed by atoms with E-state index in [4.69, 9.17) is 14.2 Å². The van der Waals surface area contributed by atoms with Crippen LogP contribution in [-0.4, -0.2) is 20.3 Å². The van der Waals surface area contributed by atoms with Crippen molar-refractivity contribution >= 4 is 0 Å². The molecule has 0 radical (unpaired) electrons. The summed E-state index contributed by atoms with van der Waals surface area (Å²) in [5.74, 6) is 0.853. The van der Waals surface area contributed by atoms with Gasteiger partial charge in [0.1, 0.15) is 5.75 Å². The maximum Gasteiger partial charge on any atom is 0.183 e. The molecule has 1 unspecified atom stereocenters. The second-order valence-electron chi connectivity index (χ2n) is 4.74. The molecular formula is C15H22O3. The van der Waals surface area contributed by atoms with Gasteiger partial charge in [-0.3, -0.25) is 0 Å². The van der Waals surface area contributed by atoms with E-state index in [1.54, 1.807) is 14.2 Å². The molecule has 18 heavy (non-hydrogen) atoms. The van der Waals surface area contributed by atoms with Crippen molar-refractivity contribution in [3.63, 3.8) is 0 Å². The van der Waals surface area contributed by atoms with Gasteiger partial charge in [0.05, 0.1) is 13.2 Å². The average molecular weight is 250 g/mol. The molecule has 0 spiro atoms. The summed E-state index contributed by atoms with van der Waals surface area (Å²) in [7, 11) is 3.36. The molecule has 0 aliphatic heterocycles. The molecule has 0 saturated heterocycles. The monoisotopic (exact) mass is 250 g/mol. The maximum absolute atomic E-state index is 6.04. The van der Waals surface area contributed by atoms with Gasteiger partial charge >= 0.3 is 0 Å². The normalized spacial score (nSPS) is 18.6. The maximum atomic E-state index is 6.04. The van der Waals surface area contributed by atoms with Crippen LogP contribution in [0.1, 0.15) is 44.0 Å². The van der Waals surface area contributed by atoms with E-state index in [1.165, 1.54) is 19.3 Å². The first-order valence-electron chi connectivity index (χ1n) is 6.65. The highest BCUT2D eigenvalue weighted by molar-refractivity contribution is 5.27. The van der Waals surface area contributed by atoms with E-state index in [1.807, 2.05) is 24.3 Å². The van der Waals surface area contributed by atoms with Gasteiger partial charge in [0, 0.05) is 12.7 Å². The second-order valence-corrected chi connectivity index (χ2v) is 4.74. The van der Waals surface area contributed by atoms with Gasteiger partial charge < -0.3 is 14.2 Å². The van der Waals surface area contributed by atoms with Gasteiger partial charge in [-0.05, 0) is 25.0 Å². The molecule has 3 nitrogen and oxygen atoms in total. The Kier molecular flexibility index (Phi) is 5.02. The Morgan fingerprint density at radius 1 is 1.00 bits per heavy atom. The van der Waals surface area contributed by atoms with Crippen LogP contribution in [0.25, 0.3) is 0 Å². The largest absolute Gasteiger partial charge is 0.497 e. The van der Waals surface area contributed by atoms with Gasteiger partial charge in [-0.15, -0.1) is 0 Å². The minimum Gasteiger partial charge on any atom is -0.497 e. The van der Waals surface area contributed by atoms with Crippen LogP contribution in [0.15, 0.2) is 24.3 Å². The Morgan fingerprint density at radius 3 is 2.22 bits per heavy atom. The van der Waals surface area contributed by atoms with Crippen LogP contribution in [0.5, 0.6) is 5.75 Å². The van der Waals surface area contributed by atoms with Crippen molar-refractivity contribution in [3.05, 3.63) is 29.8 Å². The van der Waals surface area contributed by atoms with Crippen molar-refractivity contribution in [1.82, 2.24) is 0 Å². The molecule has 0 amide bonds. The minimum absolute atomic E-state index is 0.265. The van der Waals surface area contributed by atoms with Gasteiger partial charge in [-0.1, -0.05) is 31.4 Å². The summed E-state index contributed by atoms with van der Waals surface area (Å²) in [6.07, 6.45) is 6.24. The molecule has 1 aliphatic carbocycles. The van der Waals surface area contributed by atoms with Crippen molar-refractivity contribution in [2.45, 2.75) is 44.5 Å². The van der Waals surface area contributed by atoms with Gasteiger partial charge in [-0.2, -0.15) is 0 Å². The quantitative estimate of drug-likeness (QED) is 0.746. The molecule has 100 valence electrons. The molecule has 1 fully saturated rings. The lowest BCUT2D eigenvalue weighted by Gasteiger charge is -2.27. The van der Waals surface area contributed by atoms with Crippen molar-refractivity contribution in [2.75, 3.05) is 14.2 Å². The van der Waals surface area contributed by atoms with E-state index >= 15 is 0 Å². The van der Waals surface area contributed by atoms with Crippen LogP contribution in [-0.2, 0) is 9.47 Å². The predicted molar refractivity (Wildman–Crippen MR) is 70.7 cm³/mol. The first-order chi connectivity index (χ1) is 8.83. The molecule has 0 N–H and O–H groups in total. The van der Waals surface area contributed by atoms with Gasteiger partial charge in [0.25, 0.3) is 0 Å². The van der Waals surface area contributed by atoms with E-state index in [2.05, 4.69) is 0 Å². The zero-order chi connectivity index (χ0) is 12.8. The Bertz CT molecular complexity index is 341. The summed E-state index contributed by atoms with van der Waals surface area (Å²) >= 11 is 0. The lowest BCUT2D eigenvalue weighted by Crippen LogP contribution is -2.20. The molecular weight excluding hydrogens is 228 g/mol. The van der Waals surface area contributed by atoms with Gasteiger partial charge in [-0.25, -0.2) is 0 Å². The molecule has 1 aliphatic rings. The van der Waals surface area contributed by atoms with E-state index in [0.717, 1.165) is 24.2 Å². The lowest BCUT2D eigenvalue weighted by molar-refractivity contribution is -0.166. The number of rotatable bonds is 5. The van der Waals surface area contributed by atoms with Crippen molar-refractivity contribution < 1.29 is 14.2 Å². The first kappa shape index (κ1) is 13.4. The molecule has 1 atom stereocenters. The van der Waals surface area contributed by atoms with Crippen LogP contribution in [0.4, 0.5) is 0 Å². The van der Waals surface area contributed by atoms with Crippen molar-refractivity contribution in [2.24, 2.45) is 0 Å².